The summed E-state index contributed by atoms with van der Waals surface area (Å²) in [6.07, 6.45) is 2.30. The molecular weight excluding hydrogens is 247 g/mol. The first kappa shape index (κ1) is 17.0. The summed E-state index contributed by atoms with van der Waals surface area (Å²) in [6.45, 7) is 5.85. The zero-order valence-corrected chi connectivity index (χ0v) is 13.7. The Hall–Kier alpha value is 0.0300. The zero-order valence-electron chi connectivity index (χ0n) is 10.9. The molecule has 0 bridgehead atoms. The first-order valence-electron chi connectivity index (χ1n) is 5.65. The van der Waals surface area contributed by atoms with Crippen LogP contribution in [0.5, 0.6) is 0 Å². The van der Waals surface area contributed by atoms with E-state index >= 15 is 0 Å². The summed E-state index contributed by atoms with van der Waals surface area (Å²) in [5.74, 6) is -0.500. The van der Waals surface area contributed by atoms with Gasteiger partial charge in [0.25, 0.3) is 0 Å². The van der Waals surface area contributed by atoms with E-state index in [0.717, 1.165) is 12.8 Å². The standard InChI is InChI=1S/C11H18N2O2S.Na/c1-4-6-7(3)11(5-2)8(14)12-10(16)13-9(11)15;/h7H,4-6H2,1-3H3,(H2,12,13,14,15,16);. The maximum atomic E-state index is 12.0. The minimum absolute atomic E-state index is 0. The summed E-state index contributed by atoms with van der Waals surface area (Å²) in [6, 6.07) is 0. The van der Waals surface area contributed by atoms with Crippen LogP contribution in [-0.4, -0.2) is 46.5 Å². The van der Waals surface area contributed by atoms with Crippen molar-refractivity contribution in [3.8, 4) is 0 Å². The predicted octanol–water partition coefficient (Wildman–Crippen LogP) is 0.969. The van der Waals surface area contributed by atoms with E-state index in [4.69, 9.17) is 12.2 Å². The van der Waals surface area contributed by atoms with Crippen LogP contribution < -0.4 is 10.6 Å². The normalized spacial score (nSPS) is 20.1. The third kappa shape index (κ3) is 3.08. The van der Waals surface area contributed by atoms with Crippen LogP contribution in [0.4, 0.5) is 0 Å². The number of rotatable bonds is 4. The van der Waals surface area contributed by atoms with Gasteiger partial charge >= 0.3 is 0 Å². The number of hydrogen-bond acceptors (Lipinski definition) is 3. The summed E-state index contributed by atoms with van der Waals surface area (Å²) in [5.41, 5.74) is -0.960. The van der Waals surface area contributed by atoms with Crippen molar-refractivity contribution in [2.24, 2.45) is 11.3 Å². The number of hydrogen-bond donors (Lipinski definition) is 2. The molecule has 1 unspecified atom stereocenters. The van der Waals surface area contributed by atoms with Gasteiger partial charge in [-0.05, 0) is 31.0 Å². The number of thiocarbonyl (C=S) groups is 1. The van der Waals surface area contributed by atoms with Crippen molar-refractivity contribution < 1.29 is 9.59 Å². The van der Waals surface area contributed by atoms with Gasteiger partial charge in [0.05, 0.1) is 0 Å². The van der Waals surface area contributed by atoms with Gasteiger partial charge in [-0.2, -0.15) is 0 Å². The molecule has 1 aliphatic rings. The van der Waals surface area contributed by atoms with Crippen molar-refractivity contribution in [2.75, 3.05) is 0 Å². The Morgan fingerprint density at radius 1 is 1.24 bits per heavy atom. The summed E-state index contributed by atoms with van der Waals surface area (Å²) >= 11 is 4.80. The average molecular weight is 265 g/mol. The first-order valence-corrected chi connectivity index (χ1v) is 6.06. The van der Waals surface area contributed by atoms with Crippen molar-refractivity contribution in [1.29, 1.82) is 0 Å². The van der Waals surface area contributed by atoms with Gasteiger partial charge in [0.15, 0.2) is 5.11 Å². The Morgan fingerprint density at radius 2 is 1.71 bits per heavy atom. The van der Waals surface area contributed by atoms with Crippen molar-refractivity contribution in [3.63, 3.8) is 0 Å². The van der Waals surface area contributed by atoms with E-state index in [1.165, 1.54) is 0 Å². The molecule has 2 N–H and O–H groups in total. The van der Waals surface area contributed by atoms with Gasteiger partial charge in [0.1, 0.15) is 5.41 Å². The van der Waals surface area contributed by atoms with Crippen LogP contribution in [0.3, 0.4) is 0 Å². The number of nitrogens with one attached hydrogen (secondary N) is 2. The van der Waals surface area contributed by atoms with Crippen molar-refractivity contribution in [3.05, 3.63) is 0 Å². The average Bonchev–Trinajstić information content (AvgIpc) is 2.18. The van der Waals surface area contributed by atoms with Gasteiger partial charge in [-0.1, -0.05) is 27.2 Å². The summed E-state index contributed by atoms with van der Waals surface area (Å²) in [4.78, 5) is 24.0. The molecule has 91 valence electrons. The molecule has 1 saturated heterocycles. The fourth-order valence-corrected chi connectivity index (χ4v) is 2.55. The van der Waals surface area contributed by atoms with E-state index < -0.39 is 5.41 Å². The first-order chi connectivity index (χ1) is 7.48. The van der Waals surface area contributed by atoms with Crippen LogP contribution in [0.25, 0.3) is 0 Å². The smallest absolute Gasteiger partial charge is 0.242 e. The Bertz CT molecular complexity index is 313. The van der Waals surface area contributed by atoms with E-state index in [1.54, 1.807) is 0 Å². The second-order valence-corrected chi connectivity index (χ2v) is 4.66. The summed E-state index contributed by atoms with van der Waals surface area (Å²) < 4.78 is 0. The van der Waals surface area contributed by atoms with Gasteiger partial charge in [-0.15, -0.1) is 0 Å². The molecule has 0 aliphatic carbocycles. The molecule has 17 heavy (non-hydrogen) atoms. The monoisotopic (exact) mass is 265 g/mol. The Kier molecular flexibility index (Phi) is 6.84. The molecule has 1 atom stereocenters. The Morgan fingerprint density at radius 3 is 2.06 bits per heavy atom. The molecule has 1 aliphatic heterocycles. The molecule has 0 aromatic rings. The SMILES string of the molecule is CCCC(C)C1(CC)C(=O)NC(=S)NC1=O.[Na]. The summed E-state index contributed by atoms with van der Waals surface area (Å²) in [5, 5.41) is 5.22. The predicted molar refractivity (Wildman–Crippen MR) is 71.4 cm³/mol. The van der Waals surface area contributed by atoms with Crippen LogP contribution in [-0.2, 0) is 9.59 Å². The minimum Gasteiger partial charge on any atom is -0.302 e. The van der Waals surface area contributed by atoms with Gasteiger partial charge in [0.2, 0.25) is 11.8 Å². The maximum absolute atomic E-state index is 12.0. The van der Waals surface area contributed by atoms with Gasteiger partial charge < -0.3 is 10.6 Å². The van der Waals surface area contributed by atoms with Crippen molar-refractivity contribution in [1.82, 2.24) is 10.6 Å². The van der Waals surface area contributed by atoms with E-state index in [9.17, 15) is 9.59 Å². The number of carbonyl (C=O) groups excluding carboxylic acids is 2. The van der Waals surface area contributed by atoms with Crippen LogP contribution >= 0.6 is 12.2 Å². The molecule has 6 heteroatoms. The quantitative estimate of drug-likeness (QED) is 0.452. The van der Waals surface area contributed by atoms with Gasteiger partial charge in [-0.25, -0.2) is 0 Å². The molecule has 0 aromatic heterocycles. The second kappa shape index (κ2) is 6.83. The molecule has 0 aromatic carbocycles. The van der Waals surface area contributed by atoms with Crippen LogP contribution in [0.15, 0.2) is 0 Å². The molecule has 2 amide bonds. The van der Waals surface area contributed by atoms with Crippen LogP contribution in [0.2, 0.25) is 0 Å². The molecule has 1 rings (SSSR count). The molecular formula is C11H18N2NaO2S. The Labute approximate surface area is 130 Å². The van der Waals surface area contributed by atoms with Gasteiger partial charge in [0, 0.05) is 29.6 Å². The topological polar surface area (TPSA) is 58.2 Å². The fraction of sp³-hybridized carbons (Fsp3) is 0.727. The van der Waals surface area contributed by atoms with Crippen LogP contribution in [0.1, 0.15) is 40.0 Å². The molecule has 4 nitrogen and oxygen atoms in total. The molecule has 0 saturated carbocycles. The molecule has 0 spiro atoms. The minimum atomic E-state index is -0.960. The second-order valence-electron chi connectivity index (χ2n) is 4.25. The number of amides is 2. The molecule has 1 fully saturated rings. The largest absolute Gasteiger partial charge is 0.302 e. The third-order valence-electron chi connectivity index (χ3n) is 3.39. The third-order valence-corrected chi connectivity index (χ3v) is 3.59. The van der Waals surface area contributed by atoms with E-state index in [-0.39, 0.29) is 52.4 Å². The van der Waals surface area contributed by atoms with E-state index in [1.807, 2.05) is 20.8 Å². The van der Waals surface area contributed by atoms with Crippen molar-refractivity contribution in [2.45, 2.75) is 40.0 Å². The molecule has 1 heterocycles. The zero-order chi connectivity index (χ0) is 12.3. The van der Waals surface area contributed by atoms with Crippen molar-refractivity contribution >= 4 is 58.7 Å². The Balaban J connectivity index is 0.00000256. The van der Waals surface area contributed by atoms with Crippen LogP contribution in [0, 0.1) is 11.3 Å². The fourth-order valence-electron chi connectivity index (χ4n) is 2.36. The van der Waals surface area contributed by atoms with E-state index in [2.05, 4.69) is 10.6 Å². The molecule has 1 radical (unpaired) electrons. The number of carbonyl (C=O) groups is 2. The summed E-state index contributed by atoms with van der Waals surface area (Å²) in [7, 11) is 0. The maximum Gasteiger partial charge on any atom is 0.242 e. The van der Waals surface area contributed by atoms with E-state index in [0.29, 0.717) is 6.42 Å². The van der Waals surface area contributed by atoms with Gasteiger partial charge in [-0.3, -0.25) is 9.59 Å².